The first-order chi connectivity index (χ1) is 6.11. The van der Waals surface area contributed by atoms with E-state index in [1.807, 2.05) is 0 Å². The van der Waals surface area contributed by atoms with Crippen LogP contribution in [-0.2, 0) is 24.7 Å². The average molecular weight is 384 g/mol. The number of hydrogen-bond donors (Lipinski definition) is 0. The van der Waals surface area contributed by atoms with Crippen molar-refractivity contribution in [1.29, 1.82) is 0 Å². The van der Waals surface area contributed by atoms with Crippen LogP contribution < -0.4 is 24.8 Å². The average Bonchev–Trinajstić information content (AvgIpc) is 2.38. The van der Waals surface area contributed by atoms with Gasteiger partial charge in [0.25, 0.3) is 0 Å². The van der Waals surface area contributed by atoms with E-state index in [0.29, 0.717) is 3.63 Å². The largest absolute Gasteiger partial charge is 1.00 e. The maximum atomic E-state index is 3.65. The van der Waals surface area contributed by atoms with Gasteiger partial charge in [0.05, 0.1) is 0 Å². The van der Waals surface area contributed by atoms with Gasteiger partial charge in [0.2, 0.25) is 0 Å². The minimum atomic E-state index is 0. The first-order valence-electron chi connectivity index (χ1n) is 4.29. The predicted octanol–water partition coefficient (Wildman–Crippen LogP) is -2.23. The molecule has 1 aromatic carbocycles. The third kappa shape index (κ3) is 2.77. The van der Waals surface area contributed by atoms with Gasteiger partial charge in [0.1, 0.15) is 0 Å². The van der Waals surface area contributed by atoms with Gasteiger partial charge >= 0.3 is 103 Å². The zero-order valence-corrected chi connectivity index (χ0v) is 14.0. The van der Waals surface area contributed by atoms with E-state index in [9.17, 15) is 0 Å². The Labute approximate surface area is 127 Å². The molecule has 0 N–H and O–H groups in total. The van der Waals surface area contributed by atoms with Crippen molar-refractivity contribution < 1.29 is 49.5 Å². The van der Waals surface area contributed by atoms with E-state index in [2.05, 4.69) is 48.0 Å². The fraction of sp³-hybridized carbons (Fsp3) is 0.273. The summed E-state index contributed by atoms with van der Waals surface area (Å²) in [5.41, 5.74) is 5.72. The normalized spacial score (nSPS) is 17.4. The first-order valence-corrected chi connectivity index (χ1v) is 6.51. The maximum absolute atomic E-state index is 3.65. The molecule has 0 saturated heterocycles. The number of halogens is 3. The Morgan fingerprint density at radius 1 is 1.20 bits per heavy atom. The predicted molar refractivity (Wildman–Crippen MR) is 55.3 cm³/mol. The third-order valence-corrected chi connectivity index (χ3v) is 5.48. The molecule has 4 heteroatoms. The molecular weight excluding hydrogens is 374 g/mol. The zero-order valence-electron chi connectivity index (χ0n) is 8.44. The number of allylic oxidation sites excluding steroid dienone is 1. The van der Waals surface area contributed by atoms with Crippen LogP contribution in [0.1, 0.15) is 27.2 Å². The molecule has 0 radical (unpaired) electrons. The smallest absolute Gasteiger partial charge is 1.00 e. The van der Waals surface area contributed by atoms with Crippen molar-refractivity contribution in [2.75, 3.05) is 0 Å². The van der Waals surface area contributed by atoms with Gasteiger partial charge in [-0.05, 0) is 0 Å². The van der Waals surface area contributed by atoms with E-state index >= 15 is 0 Å². The van der Waals surface area contributed by atoms with Gasteiger partial charge in [0, 0.05) is 0 Å². The van der Waals surface area contributed by atoms with Crippen molar-refractivity contribution in [3.63, 3.8) is 0 Å². The summed E-state index contributed by atoms with van der Waals surface area (Å²) >= 11 is 5.24. The fourth-order valence-corrected chi connectivity index (χ4v) is 2.97. The van der Waals surface area contributed by atoms with Crippen LogP contribution in [0.2, 0.25) is 0 Å². The van der Waals surface area contributed by atoms with Gasteiger partial charge in [-0.15, -0.1) is 0 Å². The second-order valence-electron chi connectivity index (χ2n) is 3.52. The standard InChI is InChI=1S/C11H10Br.2ClH.Zr/c1-7-5-9-4-3-8(2)11(12)10(9)6-7;;;/h3-6H,1-2H3;2*1H;/q;;;+2/p-2. The fourth-order valence-electron chi connectivity index (χ4n) is 1.67. The van der Waals surface area contributed by atoms with Crippen molar-refractivity contribution in [2.45, 2.75) is 17.5 Å². The summed E-state index contributed by atoms with van der Waals surface area (Å²) in [6.45, 7) is 4.37. The molecule has 0 heterocycles. The van der Waals surface area contributed by atoms with E-state index in [1.54, 1.807) is 24.7 Å². The summed E-state index contributed by atoms with van der Waals surface area (Å²) in [5, 5.41) is 0. The van der Waals surface area contributed by atoms with Crippen LogP contribution in [0.25, 0.3) is 6.08 Å². The van der Waals surface area contributed by atoms with Crippen LogP contribution in [0.5, 0.6) is 0 Å². The Bertz CT molecular complexity index is 402. The van der Waals surface area contributed by atoms with Gasteiger partial charge in [0.15, 0.2) is 0 Å². The van der Waals surface area contributed by atoms with Crippen LogP contribution in [-0.4, -0.2) is 0 Å². The van der Waals surface area contributed by atoms with Gasteiger partial charge in [-0.1, -0.05) is 0 Å². The van der Waals surface area contributed by atoms with Gasteiger partial charge < -0.3 is 24.8 Å². The minimum Gasteiger partial charge on any atom is -1.00 e. The van der Waals surface area contributed by atoms with Crippen molar-refractivity contribution >= 4 is 22.0 Å². The zero-order chi connectivity index (χ0) is 9.59. The number of hydrogen-bond acceptors (Lipinski definition) is 0. The molecule has 0 amide bonds. The first kappa shape index (κ1) is 15.9. The van der Waals surface area contributed by atoms with Crippen molar-refractivity contribution in [1.82, 2.24) is 0 Å². The molecule has 0 bridgehead atoms. The van der Waals surface area contributed by atoms with E-state index in [4.69, 9.17) is 0 Å². The summed E-state index contributed by atoms with van der Waals surface area (Å²) in [7, 11) is 0. The molecule has 0 saturated carbocycles. The molecule has 0 fully saturated rings. The van der Waals surface area contributed by atoms with Crippen LogP contribution in [0.3, 0.4) is 0 Å². The Hall–Kier alpha value is 0.903. The van der Waals surface area contributed by atoms with Gasteiger partial charge in [-0.2, -0.15) is 0 Å². The number of aryl methyl sites for hydroxylation is 1. The van der Waals surface area contributed by atoms with Crippen LogP contribution in [0, 0.1) is 6.92 Å². The van der Waals surface area contributed by atoms with Crippen LogP contribution >= 0.6 is 15.9 Å². The molecule has 79 valence electrons. The molecule has 1 unspecified atom stereocenters. The van der Waals surface area contributed by atoms with Crippen molar-refractivity contribution in [3.05, 3.63) is 38.9 Å². The van der Waals surface area contributed by atoms with Crippen LogP contribution in [0.15, 0.2) is 22.2 Å². The molecule has 1 aliphatic rings. The molecule has 0 aromatic heterocycles. The number of rotatable bonds is 0. The molecule has 0 aliphatic heterocycles. The Morgan fingerprint density at radius 3 is 2.40 bits per heavy atom. The quantitative estimate of drug-likeness (QED) is 0.475. The minimum absolute atomic E-state index is 0. The Morgan fingerprint density at radius 2 is 1.80 bits per heavy atom. The van der Waals surface area contributed by atoms with Crippen molar-refractivity contribution in [3.8, 4) is 0 Å². The molecular formula is C11H10BrCl2Zr. The Kier molecular flexibility index (Phi) is 6.37. The molecule has 0 spiro atoms. The van der Waals surface area contributed by atoms with E-state index < -0.39 is 0 Å². The van der Waals surface area contributed by atoms with Crippen LogP contribution in [0.4, 0.5) is 0 Å². The molecule has 1 aromatic rings. The summed E-state index contributed by atoms with van der Waals surface area (Å²) < 4.78 is 1.95. The van der Waals surface area contributed by atoms with E-state index in [1.165, 1.54) is 26.7 Å². The molecule has 1 atom stereocenters. The maximum Gasteiger partial charge on any atom is -1.00 e. The monoisotopic (exact) mass is 381 g/mol. The summed E-state index contributed by atoms with van der Waals surface area (Å²) in [4.78, 5) is 0. The molecule has 0 nitrogen and oxygen atoms in total. The number of benzene rings is 1. The van der Waals surface area contributed by atoms with Crippen molar-refractivity contribution in [2.24, 2.45) is 0 Å². The Balaban J connectivity index is 0.000000980. The van der Waals surface area contributed by atoms with Gasteiger partial charge in [-0.3, -0.25) is 0 Å². The third-order valence-electron chi connectivity index (χ3n) is 2.54. The van der Waals surface area contributed by atoms with E-state index in [-0.39, 0.29) is 24.8 Å². The second kappa shape index (κ2) is 6.00. The summed E-state index contributed by atoms with van der Waals surface area (Å²) in [5.74, 6) is 0. The SMILES string of the molecule is CC1=Cc2c(ccc(C)c2Br)[CH]1[Zr+2].[Cl-].[Cl-]. The molecule has 2 rings (SSSR count). The van der Waals surface area contributed by atoms with E-state index in [0.717, 1.165) is 0 Å². The molecule has 15 heavy (non-hydrogen) atoms. The topological polar surface area (TPSA) is 0 Å². The number of fused-ring (bicyclic) bond motifs is 1. The summed E-state index contributed by atoms with van der Waals surface area (Å²) in [6.07, 6.45) is 2.31. The summed E-state index contributed by atoms with van der Waals surface area (Å²) in [6, 6.07) is 4.47. The van der Waals surface area contributed by atoms with Gasteiger partial charge in [-0.25, -0.2) is 0 Å². The molecule has 1 aliphatic carbocycles. The second-order valence-corrected chi connectivity index (χ2v) is 5.73.